The summed E-state index contributed by atoms with van der Waals surface area (Å²) in [4.78, 5) is 0. The van der Waals surface area contributed by atoms with Crippen molar-refractivity contribution in [3.05, 3.63) is 29.6 Å². The van der Waals surface area contributed by atoms with Crippen LogP contribution in [0.1, 0.15) is 5.56 Å². The molecule has 0 unspecified atom stereocenters. The summed E-state index contributed by atoms with van der Waals surface area (Å²) in [7, 11) is 0. The Morgan fingerprint density at radius 2 is 1.88 bits per heavy atom. The molecule has 2 nitrogen and oxygen atoms in total. The van der Waals surface area contributed by atoms with Crippen molar-refractivity contribution in [1.82, 2.24) is 0 Å². The van der Waals surface area contributed by atoms with Crippen molar-refractivity contribution in [3.63, 3.8) is 0 Å². The van der Waals surface area contributed by atoms with Gasteiger partial charge in [0.25, 0.3) is 0 Å². The highest BCUT2D eigenvalue weighted by Gasteiger charge is 2.41. The van der Waals surface area contributed by atoms with Gasteiger partial charge in [-0.3, -0.25) is 0 Å². The third-order valence-corrected chi connectivity index (χ3v) is 1.92. The molecule has 1 aromatic carbocycles. The Morgan fingerprint density at radius 3 is 2.41 bits per heavy atom. The number of nitrogens with two attached hydrogens (primary N) is 1. The lowest BCUT2D eigenvalue weighted by atomic mass is 10.2. The fraction of sp³-hybridized carbons (Fsp3) is 0.400. The summed E-state index contributed by atoms with van der Waals surface area (Å²) in [5.74, 6) is -5.26. The van der Waals surface area contributed by atoms with Gasteiger partial charge in [0.2, 0.25) is 0 Å². The predicted octanol–water partition coefficient (Wildman–Crippen LogP) is 2.56. The normalized spacial score (nSPS) is 11.9. The minimum absolute atomic E-state index is 0.0145. The number of halogens is 5. The number of hydrogen-bond acceptors (Lipinski definition) is 2. The second-order valence-corrected chi connectivity index (χ2v) is 3.35. The zero-order valence-corrected chi connectivity index (χ0v) is 8.60. The van der Waals surface area contributed by atoms with E-state index in [1.54, 1.807) is 0 Å². The second kappa shape index (κ2) is 5.31. The predicted molar refractivity (Wildman–Crippen MR) is 50.7 cm³/mol. The van der Waals surface area contributed by atoms with Crippen LogP contribution >= 0.6 is 0 Å². The summed E-state index contributed by atoms with van der Waals surface area (Å²) in [6.45, 7) is -1.53. The maximum Gasteiger partial charge on any atom is 0.340 e. The molecule has 0 saturated carbocycles. The second-order valence-electron chi connectivity index (χ2n) is 3.35. The van der Waals surface area contributed by atoms with E-state index < -0.39 is 24.8 Å². The van der Waals surface area contributed by atoms with E-state index in [9.17, 15) is 22.0 Å². The third-order valence-electron chi connectivity index (χ3n) is 1.92. The van der Waals surface area contributed by atoms with Gasteiger partial charge in [-0.15, -0.1) is 0 Å². The largest absolute Gasteiger partial charge is 0.487 e. The number of ether oxygens (including phenoxy) is 1. The van der Waals surface area contributed by atoms with Gasteiger partial charge in [0.1, 0.15) is 11.6 Å². The first kappa shape index (κ1) is 13.7. The van der Waals surface area contributed by atoms with Crippen LogP contribution in [0, 0.1) is 5.82 Å². The molecule has 0 aliphatic heterocycles. The van der Waals surface area contributed by atoms with Crippen molar-refractivity contribution in [2.24, 2.45) is 5.73 Å². The molecule has 1 aromatic rings. The molecule has 1 rings (SSSR count). The first-order valence-corrected chi connectivity index (χ1v) is 4.63. The molecule has 0 amide bonds. The van der Waals surface area contributed by atoms with Crippen LogP contribution in [-0.2, 0) is 6.54 Å². The monoisotopic (exact) mass is 255 g/mol. The highest BCUT2D eigenvalue weighted by atomic mass is 19.3. The highest BCUT2D eigenvalue weighted by Crippen LogP contribution is 2.25. The van der Waals surface area contributed by atoms with Gasteiger partial charge in [0, 0.05) is 12.6 Å². The summed E-state index contributed by atoms with van der Waals surface area (Å²) in [6, 6.07) is 3.13. The van der Waals surface area contributed by atoms with Crippen molar-refractivity contribution >= 4 is 0 Å². The standard InChI is InChI=1S/C10H10F5NO/c11-7-1-6(4-16)2-8(3-7)17-5-10(14,15)9(12)13/h1-3,9H,4-5,16H2. The topological polar surface area (TPSA) is 35.2 Å². The van der Waals surface area contributed by atoms with Gasteiger partial charge in [0.05, 0.1) is 0 Å². The van der Waals surface area contributed by atoms with Crippen LogP contribution in [0.2, 0.25) is 0 Å². The van der Waals surface area contributed by atoms with Gasteiger partial charge < -0.3 is 10.5 Å². The summed E-state index contributed by atoms with van der Waals surface area (Å²) in [5.41, 5.74) is 5.55. The zero-order chi connectivity index (χ0) is 13.1. The number of rotatable bonds is 5. The fourth-order valence-electron chi connectivity index (χ4n) is 1.06. The smallest absolute Gasteiger partial charge is 0.340 e. The SMILES string of the molecule is NCc1cc(F)cc(OCC(F)(F)C(F)F)c1. The third kappa shape index (κ3) is 3.85. The van der Waals surface area contributed by atoms with E-state index >= 15 is 0 Å². The van der Waals surface area contributed by atoms with Crippen LogP contribution in [0.5, 0.6) is 5.75 Å². The van der Waals surface area contributed by atoms with Gasteiger partial charge in [-0.25, -0.2) is 13.2 Å². The number of benzene rings is 1. The molecular weight excluding hydrogens is 245 g/mol. The van der Waals surface area contributed by atoms with Crippen LogP contribution in [0.25, 0.3) is 0 Å². The fourth-order valence-corrected chi connectivity index (χ4v) is 1.06. The molecule has 7 heteroatoms. The van der Waals surface area contributed by atoms with E-state index in [1.807, 2.05) is 0 Å². The van der Waals surface area contributed by atoms with E-state index in [0.717, 1.165) is 12.1 Å². The van der Waals surface area contributed by atoms with Crippen LogP contribution < -0.4 is 10.5 Å². The van der Waals surface area contributed by atoms with Gasteiger partial charge in [-0.2, -0.15) is 8.78 Å². The van der Waals surface area contributed by atoms with E-state index in [-0.39, 0.29) is 12.3 Å². The Hall–Kier alpha value is -1.37. The first-order chi connectivity index (χ1) is 7.85. The average Bonchev–Trinajstić information content (AvgIpc) is 2.25. The van der Waals surface area contributed by atoms with Crippen LogP contribution in [0.15, 0.2) is 18.2 Å². The molecule has 0 heterocycles. The maximum atomic E-state index is 12.9. The molecule has 0 radical (unpaired) electrons. The van der Waals surface area contributed by atoms with Crippen LogP contribution in [-0.4, -0.2) is 19.0 Å². The minimum atomic E-state index is -4.27. The van der Waals surface area contributed by atoms with Crippen molar-refractivity contribution in [2.75, 3.05) is 6.61 Å². The lowest BCUT2D eigenvalue weighted by Crippen LogP contribution is -2.33. The molecule has 0 aliphatic carbocycles. The molecule has 0 atom stereocenters. The summed E-state index contributed by atoms with van der Waals surface area (Å²) < 4.78 is 66.0. The van der Waals surface area contributed by atoms with Crippen molar-refractivity contribution < 1.29 is 26.7 Å². The minimum Gasteiger partial charge on any atom is -0.487 e. The van der Waals surface area contributed by atoms with Gasteiger partial charge >= 0.3 is 12.3 Å². The average molecular weight is 255 g/mol. The molecular formula is C10H10F5NO. The van der Waals surface area contributed by atoms with Crippen LogP contribution in [0.3, 0.4) is 0 Å². The molecule has 0 aromatic heterocycles. The van der Waals surface area contributed by atoms with Crippen molar-refractivity contribution in [2.45, 2.75) is 18.9 Å². The lowest BCUT2D eigenvalue weighted by Gasteiger charge is -2.16. The van der Waals surface area contributed by atoms with E-state index in [2.05, 4.69) is 4.74 Å². The Kier molecular flexibility index (Phi) is 4.28. The van der Waals surface area contributed by atoms with E-state index in [1.165, 1.54) is 6.07 Å². The molecule has 0 spiro atoms. The lowest BCUT2D eigenvalue weighted by molar-refractivity contribution is -0.148. The highest BCUT2D eigenvalue weighted by molar-refractivity contribution is 5.29. The van der Waals surface area contributed by atoms with Crippen molar-refractivity contribution in [3.8, 4) is 5.75 Å². The van der Waals surface area contributed by atoms with Gasteiger partial charge in [-0.1, -0.05) is 0 Å². The molecule has 0 fully saturated rings. The molecule has 0 aliphatic rings. The summed E-state index contributed by atoms with van der Waals surface area (Å²) >= 11 is 0. The quantitative estimate of drug-likeness (QED) is 0.821. The molecule has 96 valence electrons. The number of hydrogen-bond donors (Lipinski definition) is 1. The molecule has 2 N–H and O–H groups in total. The van der Waals surface area contributed by atoms with Gasteiger partial charge in [0.15, 0.2) is 6.61 Å². The Labute approximate surface area is 94.2 Å². The van der Waals surface area contributed by atoms with Crippen molar-refractivity contribution in [1.29, 1.82) is 0 Å². The number of alkyl halides is 4. The molecule has 0 bridgehead atoms. The Bertz CT molecular complexity index is 383. The van der Waals surface area contributed by atoms with E-state index in [0.29, 0.717) is 5.56 Å². The maximum absolute atomic E-state index is 12.9. The van der Waals surface area contributed by atoms with E-state index in [4.69, 9.17) is 5.73 Å². The Morgan fingerprint density at radius 1 is 1.24 bits per heavy atom. The molecule has 17 heavy (non-hydrogen) atoms. The summed E-state index contributed by atoms with van der Waals surface area (Å²) in [5, 5.41) is 0. The van der Waals surface area contributed by atoms with Crippen LogP contribution in [0.4, 0.5) is 22.0 Å². The van der Waals surface area contributed by atoms with Gasteiger partial charge in [-0.05, 0) is 17.7 Å². The zero-order valence-electron chi connectivity index (χ0n) is 8.60. The first-order valence-electron chi connectivity index (χ1n) is 4.63. The Balaban J connectivity index is 2.72. The summed E-state index contributed by atoms with van der Waals surface area (Å²) in [6.07, 6.45) is -3.83. The molecule has 0 saturated heterocycles.